The minimum absolute atomic E-state index is 0.0505. The van der Waals surface area contributed by atoms with Crippen LogP contribution in [0.25, 0.3) is 10.9 Å². The molecule has 4 nitrogen and oxygen atoms in total. The lowest BCUT2D eigenvalue weighted by Crippen LogP contribution is -2.01. The molecular formula is C20H25NO3. The molecule has 24 heavy (non-hydrogen) atoms. The Morgan fingerprint density at radius 2 is 1.79 bits per heavy atom. The van der Waals surface area contributed by atoms with Crippen molar-refractivity contribution in [1.29, 1.82) is 0 Å². The van der Waals surface area contributed by atoms with Crippen LogP contribution in [0.1, 0.15) is 38.8 Å². The summed E-state index contributed by atoms with van der Waals surface area (Å²) < 4.78 is 1.78. The van der Waals surface area contributed by atoms with E-state index < -0.39 is 5.97 Å². The van der Waals surface area contributed by atoms with Gasteiger partial charge in [0.05, 0.1) is 11.9 Å². The summed E-state index contributed by atoms with van der Waals surface area (Å²) in [5, 5.41) is 20.7. The predicted octanol–water partition coefficient (Wildman–Crippen LogP) is 4.45. The van der Waals surface area contributed by atoms with Gasteiger partial charge >= 0.3 is 5.97 Å². The predicted molar refractivity (Wildman–Crippen MR) is 97.5 cm³/mol. The Kier molecular flexibility index (Phi) is 5.50. The van der Waals surface area contributed by atoms with Gasteiger partial charge < -0.3 is 14.8 Å². The zero-order valence-corrected chi connectivity index (χ0v) is 14.8. The molecule has 0 saturated heterocycles. The largest absolute Gasteiger partial charge is 0.494 e. The first-order valence-electron chi connectivity index (χ1n) is 8.11. The number of benzene rings is 1. The molecule has 0 atom stereocenters. The maximum absolute atomic E-state index is 11.3. The Morgan fingerprint density at radius 3 is 2.38 bits per heavy atom. The molecule has 0 fully saturated rings. The van der Waals surface area contributed by atoms with Crippen molar-refractivity contribution in [3.63, 3.8) is 0 Å². The Hall–Kier alpha value is -2.49. The number of carboxylic acids is 1. The number of fused-ring (bicyclic) bond motifs is 1. The first-order valence-corrected chi connectivity index (χ1v) is 8.11. The summed E-state index contributed by atoms with van der Waals surface area (Å²) in [4.78, 5) is 11.3. The minimum atomic E-state index is -0.941. The van der Waals surface area contributed by atoms with E-state index in [1.165, 1.54) is 5.57 Å². The fourth-order valence-electron chi connectivity index (χ4n) is 2.81. The van der Waals surface area contributed by atoms with E-state index in [1.54, 1.807) is 4.57 Å². The molecule has 0 unspecified atom stereocenters. The van der Waals surface area contributed by atoms with E-state index in [2.05, 4.69) is 6.08 Å². The van der Waals surface area contributed by atoms with Gasteiger partial charge in [-0.25, -0.2) is 0 Å². The second-order valence-corrected chi connectivity index (χ2v) is 6.56. The summed E-state index contributed by atoms with van der Waals surface area (Å²) in [6, 6.07) is 5.89. The van der Waals surface area contributed by atoms with Gasteiger partial charge in [0.25, 0.3) is 0 Å². The van der Waals surface area contributed by atoms with Crippen LogP contribution in [-0.2, 0) is 24.2 Å². The van der Waals surface area contributed by atoms with Crippen LogP contribution in [0.15, 0.2) is 41.5 Å². The van der Waals surface area contributed by atoms with E-state index in [-0.39, 0.29) is 12.3 Å². The van der Waals surface area contributed by atoms with E-state index >= 15 is 0 Å². The third-order valence-electron chi connectivity index (χ3n) is 3.99. The highest BCUT2D eigenvalue weighted by Crippen LogP contribution is 2.34. The van der Waals surface area contributed by atoms with Gasteiger partial charge in [0.15, 0.2) is 5.88 Å². The maximum Gasteiger partial charge on any atom is 0.308 e. The van der Waals surface area contributed by atoms with Gasteiger partial charge in [0.2, 0.25) is 0 Å². The molecule has 0 aliphatic heterocycles. The van der Waals surface area contributed by atoms with E-state index in [4.69, 9.17) is 0 Å². The van der Waals surface area contributed by atoms with E-state index in [0.717, 1.165) is 28.5 Å². The quantitative estimate of drug-likeness (QED) is 0.771. The second-order valence-electron chi connectivity index (χ2n) is 6.56. The number of carboxylic acid groups (broad SMARTS) is 1. The van der Waals surface area contributed by atoms with E-state index in [1.807, 2.05) is 52.0 Å². The normalized spacial score (nSPS) is 10.7. The second kappa shape index (κ2) is 7.39. The number of aliphatic carboxylic acids is 1. The average Bonchev–Trinajstić information content (AvgIpc) is 2.75. The smallest absolute Gasteiger partial charge is 0.308 e. The molecule has 2 aromatic rings. The summed E-state index contributed by atoms with van der Waals surface area (Å²) in [6.07, 6.45) is 4.67. The van der Waals surface area contributed by atoms with Crippen molar-refractivity contribution in [3.05, 3.63) is 52.6 Å². The Labute approximate surface area is 142 Å². The highest BCUT2D eigenvalue weighted by molar-refractivity contribution is 5.93. The van der Waals surface area contributed by atoms with Crippen LogP contribution in [0.4, 0.5) is 0 Å². The molecule has 0 aliphatic rings. The van der Waals surface area contributed by atoms with Crippen molar-refractivity contribution in [2.45, 2.75) is 47.1 Å². The molecule has 1 aromatic heterocycles. The van der Waals surface area contributed by atoms with Crippen molar-refractivity contribution in [2.24, 2.45) is 0 Å². The van der Waals surface area contributed by atoms with Crippen LogP contribution < -0.4 is 0 Å². The molecule has 0 saturated carbocycles. The number of aromatic nitrogens is 1. The SMILES string of the molecule is CC(C)=CCc1cccc2c1c(CC(=O)O)c(O)n2CC=C(C)C. The summed E-state index contributed by atoms with van der Waals surface area (Å²) >= 11 is 0. The number of hydrogen-bond donors (Lipinski definition) is 2. The van der Waals surface area contributed by atoms with Crippen LogP contribution in [0.2, 0.25) is 0 Å². The zero-order valence-electron chi connectivity index (χ0n) is 14.8. The van der Waals surface area contributed by atoms with Gasteiger partial charge in [-0.15, -0.1) is 0 Å². The third-order valence-corrected chi connectivity index (χ3v) is 3.99. The number of allylic oxidation sites excluding steroid dienone is 4. The van der Waals surface area contributed by atoms with Crippen LogP contribution >= 0.6 is 0 Å². The fourth-order valence-corrected chi connectivity index (χ4v) is 2.81. The number of carbonyl (C=O) groups is 1. The molecule has 0 spiro atoms. The topological polar surface area (TPSA) is 62.5 Å². The van der Waals surface area contributed by atoms with Crippen LogP contribution in [0.5, 0.6) is 5.88 Å². The van der Waals surface area contributed by atoms with Crippen molar-refractivity contribution < 1.29 is 15.0 Å². The van der Waals surface area contributed by atoms with Crippen LogP contribution in [0.3, 0.4) is 0 Å². The van der Waals surface area contributed by atoms with Gasteiger partial charge in [0, 0.05) is 17.5 Å². The van der Waals surface area contributed by atoms with Crippen LogP contribution in [-0.4, -0.2) is 20.7 Å². The maximum atomic E-state index is 11.3. The molecule has 1 aromatic carbocycles. The molecule has 0 radical (unpaired) electrons. The molecule has 1 heterocycles. The first-order chi connectivity index (χ1) is 11.3. The van der Waals surface area contributed by atoms with Crippen molar-refractivity contribution in [2.75, 3.05) is 0 Å². The van der Waals surface area contributed by atoms with Gasteiger partial charge in [-0.05, 0) is 45.7 Å². The molecule has 0 bridgehead atoms. The Balaban J connectivity index is 2.69. The summed E-state index contributed by atoms with van der Waals surface area (Å²) in [7, 11) is 0. The number of aromatic hydroxyl groups is 1. The minimum Gasteiger partial charge on any atom is -0.494 e. The average molecular weight is 327 g/mol. The van der Waals surface area contributed by atoms with E-state index in [0.29, 0.717) is 12.1 Å². The third kappa shape index (κ3) is 3.88. The lowest BCUT2D eigenvalue weighted by atomic mass is 10.0. The zero-order chi connectivity index (χ0) is 17.9. The number of hydrogen-bond acceptors (Lipinski definition) is 2. The van der Waals surface area contributed by atoms with Gasteiger partial charge in [0.1, 0.15) is 0 Å². The monoisotopic (exact) mass is 327 g/mol. The highest BCUT2D eigenvalue weighted by Gasteiger charge is 2.20. The molecule has 128 valence electrons. The molecule has 4 heteroatoms. The van der Waals surface area contributed by atoms with Crippen molar-refractivity contribution >= 4 is 16.9 Å². The van der Waals surface area contributed by atoms with Gasteiger partial charge in [-0.1, -0.05) is 35.4 Å². The molecule has 2 N–H and O–H groups in total. The Morgan fingerprint density at radius 1 is 1.12 bits per heavy atom. The number of nitrogens with zero attached hydrogens (tertiary/aromatic N) is 1. The standard InChI is InChI=1S/C20H25NO3/c1-13(2)8-9-15-6-5-7-17-19(15)16(12-18(22)23)20(24)21(17)11-10-14(3)4/h5-8,10,24H,9,11-12H2,1-4H3,(H,22,23). The molecule has 0 amide bonds. The van der Waals surface area contributed by atoms with Gasteiger partial charge in [-0.2, -0.15) is 0 Å². The van der Waals surface area contributed by atoms with E-state index in [9.17, 15) is 15.0 Å². The molecular weight excluding hydrogens is 302 g/mol. The molecule has 2 rings (SSSR count). The first kappa shape index (κ1) is 17.9. The van der Waals surface area contributed by atoms with Crippen molar-refractivity contribution in [3.8, 4) is 5.88 Å². The summed E-state index contributed by atoms with van der Waals surface area (Å²) in [6.45, 7) is 8.60. The fraction of sp³-hybridized carbons (Fsp3) is 0.350. The van der Waals surface area contributed by atoms with Crippen LogP contribution in [0, 0.1) is 0 Å². The van der Waals surface area contributed by atoms with Crippen molar-refractivity contribution in [1.82, 2.24) is 4.57 Å². The molecule has 0 aliphatic carbocycles. The lowest BCUT2D eigenvalue weighted by Gasteiger charge is -2.05. The number of rotatable bonds is 6. The highest BCUT2D eigenvalue weighted by atomic mass is 16.4. The summed E-state index contributed by atoms with van der Waals surface area (Å²) in [5.74, 6) is -0.891. The van der Waals surface area contributed by atoms with Gasteiger partial charge in [-0.3, -0.25) is 4.79 Å². The Bertz CT molecular complexity index is 817. The summed E-state index contributed by atoms with van der Waals surface area (Å²) in [5.41, 5.74) is 4.77. The lowest BCUT2D eigenvalue weighted by molar-refractivity contribution is -0.136.